The Kier molecular flexibility index (Phi) is 5.65. The highest BCUT2D eigenvalue weighted by molar-refractivity contribution is 9.10. The molecule has 1 aromatic heterocycles. The summed E-state index contributed by atoms with van der Waals surface area (Å²) in [6.45, 7) is 2.10. The van der Waals surface area contributed by atoms with Gasteiger partial charge in [0.1, 0.15) is 0 Å². The Morgan fingerprint density at radius 3 is 2.41 bits per heavy atom. The van der Waals surface area contributed by atoms with Gasteiger partial charge in [-0.15, -0.1) is 0 Å². The van der Waals surface area contributed by atoms with Gasteiger partial charge in [-0.2, -0.15) is 0 Å². The van der Waals surface area contributed by atoms with E-state index in [1.807, 2.05) is 66.7 Å². The molecule has 5 heteroatoms. The predicted octanol–water partition coefficient (Wildman–Crippen LogP) is 7.13. The zero-order valence-corrected chi connectivity index (χ0v) is 18.1. The number of nitrogens with zero attached hydrogens (tertiary/aromatic N) is 1. The zero-order valence-electron chi connectivity index (χ0n) is 15.7. The molecule has 0 spiro atoms. The van der Waals surface area contributed by atoms with Crippen molar-refractivity contribution < 1.29 is 4.79 Å². The molecule has 1 N–H and O–H groups in total. The van der Waals surface area contributed by atoms with Crippen molar-refractivity contribution >= 4 is 50.0 Å². The molecule has 3 aromatic carbocycles. The number of anilines is 1. The summed E-state index contributed by atoms with van der Waals surface area (Å²) in [5, 5.41) is 4.50. The van der Waals surface area contributed by atoms with Crippen molar-refractivity contribution in [3.05, 3.63) is 93.4 Å². The van der Waals surface area contributed by atoms with E-state index in [0.29, 0.717) is 10.6 Å². The van der Waals surface area contributed by atoms with Crippen LogP contribution in [0.5, 0.6) is 0 Å². The van der Waals surface area contributed by atoms with Crippen molar-refractivity contribution in [2.75, 3.05) is 5.32 Å². The SMILES string of the molecule is CCc1ccc2nc(-c3ccc(Cl)cc3)cc(C(=O)Nc3ccc(Br)cc3)c2c1. The number of carbonyl (C=O) groups is 1. The largest absolute Gasteiger partial charge is 0.322 e. The first-order valence-corrected chi connectivity index (χ1v) is 10.5. The van der Waals surface area contributed by atoms with Crippen molar-refractivity contribution in [2.24, 2.45) is 0 Å². The lowest BCUT2D eigenvalue weighted by atomic mass is 10.0. The monoisotopic (exact) mass is 464 g/mol. The summed E-state index contributed by atoms with van der Waals surface area (Å²) in [6, 6.07) is 22.9. The molecule has 3 nitrogen and oxygen atoms in total. The number of nitrogens with one attached hydrogen (secondary N) is 1. The molecule has 0 saturated carbocycles. The van der Waals surface area contributed by atoms with Crippen LogP contribution in [0.4, 0.5) is 5.69 Å². The highest BCUT2D eigenvalue weighted by Gasteiger charge is 2.15. The van der Waals surface area contributed by atoms with E-state index >= 15 is 0 Å². The molecule has 0 saturated heterocycles. The molecule has 1 heterocycles. The average molecular weight is 466 g/mol. The van der Waals surface area contributed by atoms with Crippen LogP contribution in [0.3, 0.4) is 0 Å². The average Bonchev–Trinajstić information content (AvgIpc) is 2.74. The number of amides is 1. The van der Waals surface area contributed by atoms with Gasteiger partial charge < -0.3 is 5.32 Å². The fraction of sp³-hybridized carbons (Fsp3) is 0.0833. The lowest BCUT2D eigenvalue weighted by Crippen LogP contribution is -2.13. The Morgan fingerprint density at radius 2 is 1.72 bits per heavy atom. The van der Waals surface area contributed by atoms with E-state index in [2.05, 4.69) is 34.2 Å². The third-order valence-corrected chi connectivity index (χ3v) is 5.55. The van der Waals surface area contributed by atoms with Crippen LogP contribution in [-0.2, 0) is 6.42 Å². The number of hydrogen-bond donors (Lipinski definition) is 1. The molecule has 0 aliphatic heterocycles. The molecule has 0 aliphatic rings. The fourth-order valence-corrected chi connectivity index (χ4v) is 3.57. The van der Waals surface area contributed by atoms with Crippen molar-refractivity contribution in [3.8, 4) is 11.3 Å². The molecule has 4 rings (SSSR count). The summed E-state index contributed by atoms with van der Waals surface area (Å²) in [7, 11) is 0. The third kappa shape index (κ3) is 4.34. The molecule has 0 atom stereocenters. The smallest absolute Gasteiger partial charge is 0.256 e. The Balaban J connectivity index is 1.83. The Bertz CT molecular complexity index is 1190. The number of hydrogen-bond acceptors (Lipinski definition) is 2. The normalized spacial score (nSPS) is 10.9. The second-order valence-corrected chi connectivity index (χ2v) is 8.08. The van der Waals surface area contributed by atoms with Crippen LogP contribution in [0.25, 0.3) is 22.2 Å². The molecule has 0 unspecified atom stereocenters. The second-order valence-electron chi connectivity index (χ2n) is 6.73. The van der Waals surface area contributed by atoms with Gasteiger partial charge in [-0.25, -0.2) is 4.98 Å². The molecule has 0 fully saturated rings. The number of pyridine rings is 1. The van der Waals surface area contributed by atoms with Gasteiger partial charge in [0.25, 0.3) is 5.91 Å². The van der Waals surface area contributed by atoms with Gasteiger partial charge in [-0.1, -0.05) is 52.7 Å². The van der Waals surface area contributed by atoms with Crippen molar-refractivity contribution in [1.82, 2.24) is 4.98 Å². The Hall–Kier alpha value is -2.69. The van der Waals surface area contributed by atoms with E-state index in [1.165, 1.54) is 0 Å². The number of fused-ring (bicyclic) bond motifs is 1. The van der Waals surface area contributed by atoms with E-state index in [0.717, 1.165) is 44.3 Å². The fourth-order valence-electron chi connectivity index (χ4n) is 3.18. The summed E-state index contributed by atoms with van der Waals surface area (Å²) >= 11 is 9.44. The second kappa shape index (κ2) is 8.36. The van der Waals surface area contributed by atoms with Gasteiger partial charge in [0.05, 0.1) is 16.8 Å². The van der Waals surface area contributed by atoms with E-state index in [1.54, 1.807) is 0 Å². The van der Waals surface area contributed by atoms with Gasteiger partial charge in [-0.05, 0) is 66.6 Å². The van der Waals surface area contributed by atoms with Crippen molar-refractivity contribution in [1.29, 1.82) is 0 Å². The van der Waals surface area contributed by atoms with Crippen LogP contribution in [0.2, 0.25) is 5.02 Å². The topological polar surface area (TPSA) is 42.0 Å². The third-order valence-electron chi connectivity index (χ3n) is 4.77. The number of halogens is 2. The molecule has 29 heavy (non-hydrogen) atoms. The van der Waals surface area contributed by atoms with Crippen molar-refractivity contribution in [2.45, 2.75) is 13.3 Å². The molecule has 144 valence electrons. The van der Waals surface area contributed by atoms with E-state index in [4.69, 9.17) is 16.6 Å². The first kappa shape index (κ1) is 19.6. The maximum Gasteiger partial charge on any atom is 0.256 e. The Morgan fingerprint density at radius 1 is 1.00 bits per heavy atom. The molecule has 0 radical (unpaired) electrons. The van der Waals surface area contributed by atoms with E-state index in [9.17, 15) is 4.79 Å². The molecule has 0 bridgehead atoms. The first-order chi connectivity index (χ1) is 14.0. The van der Waals surface area contributed by atoms with Gasteiger partial charge in [0.15, 0.2) is 0 Å². The lowest BCUT2D eigenvalue weighted by molar-refractivity contribution is 0.102. The molecular formula is C24H18BrClN2O. The van der Waals surface area contributed by atoms with Crippen LogP contribution < -0.4 is 5.32 Å². The predicted molar refractivity (Wildman–Crippen MR) is 124 cm³/mol. The number of carbonyl (C=O) groups excluding carboxylic acids is 1. The molecule has 4 aromatic rings. The van der Waals surface area contributed by atoms with Gasteiger partial charge in [0, 0.05) is 26.1 Å². The van der Waals surface area contributed by atoms with Crippen molar-refractivity contribution in [3.63, 3.8) is 0 Å². The zero-order chi connectivity index (χ0) is 20.4. The molecule has 1 amide bonds. The standard InChI is InChI=1S/C24H18BrClN2O/c1-2-15-3-12-22-20(13-15)21(24(29)27-19-10-6-17(25)7-11-19)14-23(28-22)16-4-8-18(26)9-5-16/h3-14H,2H2,1H3,(H,27,29). The summed E-state index contributed by atoms with van der Waals surface area (Å²) in [5.74, 6) is -0.164. The number of aryl methyl sites for hydroxylation is 1. The minimum absolute atomic E-state index is 0.164. The Labute approximate surface area is 182 Å². The molecular weight excluding hydrogens is 448 g/mol. The summed E-state index contributed by atoms with van der Waals surface area (Å²) in [4.78, 5) is 18.0. The van der Waals surface area contributed by atoms with Gasteiger partial charge >= 0.3 is 0 Å². The van der Waals surface area contributed by atoms with Crippen LogP contribution in [0, 0.1) is 0 Å². The van der Waals surface area contributed by atoms with Gasteiger partial charge in [0.2, 0.25) is 0 Å². The number of rotatable bonds is 4. The summed E-state index contributed by atoms with van der Waals surface area (Å²) < 4.78 is 0.961. The summed E-state index contributed by atoms with van der Waals surface area (Å²) in [5.41, 5.74) is 4.93. The minimum Gasteiger partial charge on any atom is -0.322 e. The van der Waals surface area contributed by atoms with Gasteiger partial charge in [-0.3, -0.25) is 4.79 Å². The highest BCUT2D eigenvalue weighted by atomic mass is 79.9. The minimum atomic E-state index is -0.164. The van der Waals surface area contributed by atoms with Crippen LogP contribution in [0.1, 0.15) is 22.8 Å². The highest BCUT2D eigenvalue weighted by Crippen LogP contribution is 2.28. The maximum absolute atomic E-state index is 13.2. The quantitative estimate of drug-likeness (QED) is 0.348. The summed E-state index contributed by atoms with van der Waals surface area (Å²) in [6.07, 6.45) is 0.892. The first-order valence-electron chi connectivity index (χ1n) is 9.30. The number of aromatic nitrogens is 1. The number of benzene rings is 3. The lowest BCUT2D eigenvalue weighted by Gasteiger charge is -2.12. The molecule has 0 aliphatic carbocycles. The van der Waals surface area contributed by atoms with E-state index in [-0.39, 0.29) is 5.91 Å². The van der Waals surface area contributed by atoms with Crippen LogP contribution in [-0.4, -0.2) is 10.9 Å². The van der Waals surface area contributed by atoms with E-state index < -0.39 is 0 Å². The van der Waals surface area contributed by atoms with Crippen LogP contribution in [0.15, 0.2) is 77.3 Å². The maximum atomic E-state index is 13.2. The van der Waals surface area contributed by atoms with Crippen LogP contribution >= 0.6 is 27.5 Å².